The molecule has 134 valence electrons. The number of carbonyl (C=O) groups is 1. The molecule has 0 radical (unpaired) electrons. The Hall–Kier alpha value is -1.60. The zero-order valence-corrected chi connectivity index (χ0v) is 14.9. The first-order valence-corrected chi connectivity index (χ1v) is 8.90. The number of nitrogens with zero attached hydrogens (tertiary/aromatic N) is 5. The molecule has 2 aliphatic rings. The lowest BCUT2D eigenvalue weighted by Gasteiger charge is -2.28. The molecule has 0 spiro atoms. The Bertz CT molecular complexity index is 539. The molecule has 0 aromatic carbocycles. The third-order valence-electron chi connectivity index (χ3n) is 4.75. The molecule has 1 atom stereocenters. The summed E-state index contributed by atoms with van der Waals surface area (Å²) in [5.74, 6) is 0.278. The van der Waals surface area contributed by atoms with E-state index in [9.17, 15) is 4.79 Å². The van der Waals surface area contributed by atoms with Crippen molar-refractivity contribution >= 4 is 6.03 Å². The van der Waals surface area contributed by atoms with Gasteiger partial charge in [-0.25, -0.2) is 4.79 Å². The average Bonchev–Trinajstić information content (AvgIpc) is 3.19. The highest BCUT2D eigenvalue weighted by atomic mass is 16.5. The molecule has 2 amide bonds. The number of amides is 2. The van der Waals surface area contributed by atoms with Crippen LogP contribution in [0.5, 0.6) is 0 Å². The van der Waals surface area contributed by atoms with E-state index in [-0.39, 0.29) is 11.9 Å². The van der Waals surface area contributed by atoms with Crippen molar-refractivity contribution in [1.29, 1.82) is 0 Å². The maximum absolute atomic E-state index is 12.8. The maximum atomic E-state index is 12.8. The number of likely N-dealkylation sites (N-methyl/N-ethyl adjacent to an activating group) is 1. The number of hydrogen-bond acceptors (Lipinski definition) is 4. The normalized spacial score (nSPS) is 21.2. The Labute approximate surface area is 144 Å². The fraction of sp³-hybridized carbons (Fsp3) is 0.765. The molecule has 1 aromatic rings. The summed E-state index contributed by atoms with van der Waals surface area (Å²) in [5.41, 5.74) is 1.11. The van der Waals surface area contributed by atoms with Gasteiger partial charge in [0.05, 0.1) is 25.5 Å². The average molecular weight is 335 g/mol. The Morgan fingerprint density at radius 3 is 2.83 bits per heavy atom. The zero-order chi connectivity index (χ0) is 16.9. The minimum absolute atomic E-state index is 0.167. The molecular formula is C17H29N5O2. The van der Waals surface area contributed by atoms with Crippen LogP contribution in [0.1, 0.15) is 18.5 Å². The van der Waals surface area contributed by atoms with Crippen LogP contribution in [0.4, 0.5) is 4.79 Å². The van der Waals surface area contributed by atoms with Crippen LogP contribution in [0.2, 0.25) is 0 Å². The third kappa shape index (κ3) is 4.27. The first kappa shape index (κ1) is 17.2. The Morgan fingerprint density at radius 1 is 1.29 bits per heavy atom. The molecule has 3 rings (SSSR count). The highest BCUT2D eigenvalue weighted by Gasteiger charge is 2.29. The van der Waals surface area contributed by atoms with Crippen molar-refractivity contribution in [3.63, 3.8) is 0 Å². The summed E-state index contributed by atoms with van der Waals surface area (Å²) in [6.07, 6.45) is 4.06. The van der Waals surface area contributed by atoms with Crippen molar-refractivity contribution in [1.82, 2.24) is 24.5 Å². The number of aromatic nitrogens is 2. The first-order valence-electron chi connectivity index (χ1n) is 8.90. The molecule has 7 nitrogen and oxygen atoms in total. The van der Waals surface area contributed by atoms with E-state index in [4.69, 9.17) is 4.74 Å². The van der Waals surface area contributed by atoms with E-state index < -0.39 is 0 Å². The largest absolute Gasteiger partial charge is 0.380 e. The van der Waals surface area contributed by atoms with Crippen LogP contribution in [-0.4, -0.2) is 84.0 Å². The number of fused-ring (bicyclic) bond motifs is 1. The summed E-state index contributed by atoms with van der Waals surface area (Å²) >= 11 is 0. The van der Waals surface area contributed by atoms with Crippen molar-refractivity contribution in [3.8, 4) is 0 Å². The van der Waals surface area contributed by atoms with Gasteiger partial charge in [0.25, 0.3) is 0 Å². The topological polar surface area (TPSA) is 53.8 Å². The third-order valence-corrected chi connectivity index (χ3v) is 4.75. The number of hydrogen-bond donors (Lipinski definition) is 0. The number of ether oxygens (including phenoxy) is 1. The summed E-state index contributed by atoms with van der Waals surface area (Å²) in [5, 5.41) is 4.42. The zero-order valence-electron chi connectivity index (χ0n) is 14.9. The van der Waals surface area contributed by atoms with Gasteiger partial charge in [-0.05, 0) is 33.0 Å². The summed E-state index contributed by atoms with van der Waals surface area (Å²) < 4.78 is 7.88. The van der Waals surface area contributed by atoms with Crippen molar-refractivity contribution < 1.29 is 9.53 Å². The number of carbonyl (C=O) groups excluding carboxylic acids is 1. The number of rotatable bonds is 5. The molecule has 0 unspecified atom stereocenters. The Kier molecular flexibility index (Phi) is 5.73. The van der Waals surface area contributed by atoms with Gasteiger partial charge in [0.1, 0.15) is 0 Å². The molecule has 7 heteroatoms. The first-order chi connectivity index (χ1) is 11.6. The van der Waals surface area contributed by atoms with E-state index >= 15 is 0 Å². The van der Waals surface area contributed by atoms with Crippen LogP contribution in [0.3, 0.4) is 0 Å². The highest BCUT2D eigenvalue weighted by Crippen LogP contribution is 2.19. The molecule has 2 aliphatic heterocycles. The van der Waals surface area contributed by atoms with Crippen molar-refractivity contribution in [2.75, 3.05) is 53.5 Å². The molecule has 3 heterocycles. The number of urea groups is 1. The highest BCUT2D eigenvalue weighted by molar-refractivity contribution is 5.74. The van der Waals surface area contributed by atoms with E-state index in [0.29, 0.717) is 13.2 Å². The quantitative estimate of drug-likeness (QED) is 0.757. The lowest BCUT2D eigenvalue weighted by molar-refractivity contribution is 0.0696. The van der Waals surface area contributed by atoms with E-state index in [0.717, 1.165) is 57.9 Å². The monoisotopic (exact) mass is 335 g/mol. The molecule has 0 saturated carbocycles. The molecule has 0 bridgehead atoms. The summed E-state index contributed by atoms with van der Waals surface area (Å²) in [4.78, 5) is 18.9. The second-order valence-corrected chi connectivity index (χ2v) is 7.11. The molecule has 0 N–H and O–H groups in total. The number of likely N-dealkylation sites (tertiary alicyclic amines) is 1. The summed E-state index contributed by atoms with van der Waals surface area (Å²) in [6, 6.07) is 2.18. The van der Waals surface area contributed by atoms with Gasteiger partial charge in [0, 0.05) is 44.8 Å². The van der Waals surface area contributed by atoms with Crippen molar-refractivity contribution in [2.45, 2.75) is 25.9 Å². The molecule has 1 aromatic heterocycles. The Morgan fingerprint density at radius 2 is 2.08 bits per heavy atom. The molecular weight excluding hydrogens is 306 g/mol. The maximum Gasteiger partial charge on any atom is 0.320 e. The van der Waals surface area contributed by atoms with Crippen LogP contribution in [0, 0.1) is 5.92 Å². The summed E-state index contributed by atoms with van der Waals surface area (Å²) in [6.45, 7) is 6.26. The van der Waals surface area contributed by atoms with Crippen LogP contribution in [0.25, 0.3) is 0 Å². The van der Waals surface area contributed by atoms with E-state index in [1.165, 1.54) is 0 Å². The van der Waals surface area contributed by atoms with Gasteiger partial charge >= 0.3 is 6.03 Å². The molecule has 0 aliphatic carbocycles. The van der Waals surface area contributed by atoms with E-state index in [1.54, 1.807) is 0 Å². The summed E-state index contributed by atoms with van der Waals surface area (Å²) in [7, 11) is 4.09. The fourth-order valence-corrected chi connectivity index (χ4v) is 3.39. The molecule has 1 saturated heterocycles. The van der Waals surface area contributed by atoms with E-state index in [2.05, 4.69) is 10.00 Å². The van der Waals surface area contributed by atoms with Gasteiger partial charge in [-0.1, -0.05) is 0 Å². The van der Waals surface area contributed by atoms with Crippen LogP contribution in [0.15, 0.2) is 12.3 Å². The lowest BCUT2D eigenvalue weighted by atomic mass is 10.1. The lowest BCUT2D eigenvalue weighted by Crippen LogP contribution is -2.43. The predicted molar refractivity (Wildman–Crippen MR) is 91.7 cm³/mol. The van der Waals surface area contributed by atoms with Gasteiger partial charge in [-0.3, -0.25) is 4.68 Å². The Balaban J connectivity index is 1.63. The standard InChI is InChI=1S/C17H29N5O2/c1-19(2)9-10-24-14-15-11-21(17(23)20-7-3-4-8-20)13-16-5-6-18-22(16)12-15/h5-6,15H,3-4,7-14H2,1-2H3/t15-/m0/s1. The van der Waals surface area contributed by atoms with Crippen LogP contribution in [-0.2, 0) is 17.8 Å². The van der Waals surface area contributed by atoms with Crippen LogP contribution < -0.4 is 0 Å². The SMILES string of the molecule is CN(C)CCOC[C@H]1CN(C(=O)N2CCCC2)Cc2ccnn2C1. The van der Waals surface area contributed by atoms with Gasteiger partial charge in [0.15, 0.2) is 0 Å². The van der Waals surface area contributed by atoms with Crippen molar-refractivity contribution in [3.05, 3.63) is 18.0 Å². The predicted octanol–water partition coefficient (Wildman–Crippen LogP) is 1.11. The minimum Gasteiger partial charge on any atom is -0.380 e. The smallest absolute Gasteiger partial charge is 0.320 e. The van der Waals surface area contributed by atoms with Crippen molar-refractivity contribution in [2.24, 2.45) is 5.92 Å². The van der Waals surface area contributed by atoms with Gasteiger partial charge in [-0.2, -0.15) is 5.10 Å². The second kappa shape index (κ2) is 7.98. The fourth-order valence-electron chi connectivity index (χ4n) is 3.39. The van der Waals surface area contributed by atoms with Crippen LogP contribution >= 0.6 is 0 Å². The van der Waals surface area contributed by atoms with Gasteiger partial charge in [-0.15, -0.1) is 0 Å². The van der Waals surface area contributed by atoms with Gasteiger partial charge in [0.2, 0.25) is 0 Å². The minimum atomic E-state index is 0.167. The molecule has 1 fully saturated rings. The van der Waals surface area contributed by atoms with E-state index in [1.807, 2.05) is 40.8 Å². The second-order valence-electron chi connectivity index (χ2n) is 7.11. The molecule has 24 heavy (non-hydrogen) atoms. The van der Waals surface area contributed by atoms with Gasteiger partial charge < -0.3 is 19.4 Å².